The lowest BCUT2D eigenvalue weighted by Gasteiger charge is -2.12. The lowest BCUT2D eigenvalue weighted by molar-refractivity contribution is -0.141. The normalized spacial score (nSPS) is 11.3. The first-order valence-corrected chi connectivity index (χ1v) is 8.78. The van der Waals surface area contributed by atoms with Crippen LogP contribution in [-0.4, -0.2) is 23.8 Å². The minimum atomic E-state index is -4.84. The number of hydrogen-bond acceptors (Lipinski definition) is 3. The molecule has 3 aromatic rings. The summed E-state index contributed by atoms with van der Waals surface area (Å²) in [4.78, 5) is 27.5. The third kappa shape index (κ3) is 4.08. The number of aromatic nitrogens is 1. The van der Waals surface area contributed by atoms with Crippen molar-refractivity contribution < 1.29 is 27.5 Å². The number of methoxy groups -OCH3 is 1. The zero-order valence-corrected chi connectivity index (χ0v) is 15.8. The number of esters is 1. The van der Waals surface area contributed by atoms with Gasteiger partial charge in [-0.05, 0) is 24.5 Å². The fourth-order valence-electron chi connectivity index (χ4n) is 3.27. The van der Waals surface area contributed by atoms with Crippen LogP contribution in [0, 0.1) is 6.92 Å². The molecule has 0 fully saturated rings. The zero-order chi connectivity index (χ0) is 21.2. The summed E-state index contributed by atoms with van der Waals surface area (Å²) in [5, 5.41) is 0. The van der Waals surface area contributed by atoms with Crippen LogP contribution < -0.4 is 0 Å². The summed E-state index contributed by atoms with van der Waals surface area (Å²) in [5.41, 5.74) is -0.885. The first-order chi connectivity index (χ1) is 13.7. The predicted molar refractivity (Wildman–Crippen MR) is 101 cm³/mol. The van der Waals surface area contributed by atoms with Crippen molar-refractivity contribution in [3.05, 3.63) is 93.8 Å². The average molecular weight is 401 g/mol. The van der Waals surface area contributed by atoms with E-state index < -0.39 is 34.7 Å². The molecule has 0 aliphatic carbocycles. The van der Waals surface area contributed by atoms with E-state index >= 15 is 0 Å². The summed E-state index contributed by atoms with van der Waals surface area (Å²) < 4.78 is 45.4. The van der Waals surface area contributed by atoms with Crippen molar-refractivity contribution in [2.24, 2.45) is 0 Å². The smallest absolute Gasteiger partial charge is 0.432 e. The summed E-state index contributed by atoms with van der Waals surface area (Å²) >= 11 is 0. The molecular formula is C22H18F3NO3. The Labute approximate surface area is 165 Å². The van der Waals surface area contributed by atoms with Crippen LogP contribution >= 0.6 is 0 Å². The highest BCUT2D eigenvalue weighted by molar-refractivity contribution is 6.16. The van der Waals surface area contributed by atoms with E-state index in [0.29, 0.717) is 12.0 Å². The van der Waals surface area contributed by atoms with Gasteiger partial charge in [0, 0.05) is 11.3 Å². The number of rotatable bonds is 5. The van der Waals surface area contributed by atoms with E-state index in [-0.39, 0.29) is 11.3 Å². The molecule has 0 saturated heterocycles. The molecule has 1 aromatic heterocycles. The third-order valence-electron chi connectivity index (χ3n) is 4.59. The van der Waals surface area contributed by atoms with E-state index in [1.807, 2.05) is 30.3 Å². The quantitative estimate of drug-likeness (QED) is 0.486. The van der Waals surface area contributed by atoms with E-state index in [1.165, 1.54) is 13.0 Å². The number of aromatic amines is 1. The second kappa shape index (κ2) is 7.95. The number of benzene rings is 2. The number of carbonyl (C=O) groups excluding carboxylic acids is 2. The molecule has 0 radical (unpaired) electrons. The van der Waals surface area contributed by atoms with Crippen LogP contribution in [-0.2, 0) is 17.3 Å². The lowest BCUT2D eigenvalue weighted by atomic mass is 9.92. The Morgan fingerprint density at radius 1 is 0.966 bits per heavy atom. The molecule has 0 atom stereocenters. The molecule has 1 heterocycles. The zero-order valence-electron chi connectivity index (χ0n) is 15.8. The van der Waals surface area contributed by atoms with E-state index in [9.17, 15) is 22.8 Å². The van der Waals surface area contributed by atoms with Crippen LogP contribution in [0.1, 0.15) is 48.8 Å². The highest BCUT2D eigenvalue weighted by Gasteiger charge is 2.41. The summed E-state index contributed by atoms with van der Waals surface area (Å²) in [6.07, 6.45) is -4.47. The van der Waals surface area contributed by atoms with Crippen molar-refractivity contribution in [2.45, 2.75) is 19.5 Å². The SMILES string of the molecule is COC(=O)c1c(C)[nH]c(C(F)(F)F)c1C(=O)c1ccccc1Cc1ccccc1. The second-order valence-electron chi connectivity index (χ2n) is 6.51. The van der Waals surface area contributed by atoms with Gasteiger partial charge >= 0.3 is 12.1 Å². The van der Waals surface area contributed by atoms with Gasteiger partial charge in [0.2, 0.25) is 0 Å². The number of carbonyl (C=O) groups is 2. The Balaban J connectivity index is 2.16. The largest absolute Gasteiger partial charge is 0.465 e. The van der Waals surface area contributed by atoms with Crippen LogP contribution in [0.3, 0.4) is 0 Å². The monoisotopic (exact) mass is 401 g/mol. The minimum Gasteiger partial charge on any atom is -0.465 e. The van der Waals surface area contributed by atoms with Crippen LogP contribution in [0.5, 0.6) is 0 Å². The first-order valence-electron chi connectivity index (χ1n) is 8.78. The van der Waals surface area contributed by atoms with Gasteiger partial charge in [0.05, 0.1) is 18.2 Å². The second-order valence-corrected chi connectivity index (χ2v) is 6.51. The Morgan fingerprint density at radius 3 is 2.21 bits per heavy atom. The fraction of sp³-hybridized carbons (Fsp3) is 0.182. The van der Waals surface area contributed by atoms with Crippen LogP contribution in [0.25, 0.3) is 0 Å². The average Bonchev–Trinajstić information content (AvgIpc) is 3.06. The summed E-state index contributed by atoms with van der Waals surface area (Å²) in [6.45, 7) is 1.30. The maximum atomic E-state index is 13.6. The Morgan fingerprint density at radius 2 is 1.59 bits per heavy atom. The Bertz CT molecular complexity index is 1050. The van der Waals surface area contributed by atoms with Crippen molar-refractivity contribution in [3.63, 3.8) is 0 Å². The molecule has 29 heavy (non-hydrogen) atoms. The molecule has 7 heteroatoms. The number of nitrogens with one attached hydrogen (secondary N) is 1. The molecule has 0 bridgehead atoms. The lowest BCUT2D eigenvalue weighted by Crippen LogP contribution is -2.17. The highest BCUT2D eigenvalue weighted by atomic mass is 19.4. The maximum absolute atomic E-state index is 13.6. The molecule has 0 aliphatic rings. The highest BCUT2D eigenvalue weighted by Crippen LogP contribution is 2.36. The molecule has 0 spiro atoms. The van der Waals surface area contributed by atoms with Gasteiger partial charge in [-0.25, -0.2) is 4.79 Å². The number of H-pyrrole nitrogens is 1. The number of aryl methyl sites for hydroxylation is 1. The topological polar surface area (TPSA) is 59.2 Å². The molecule has 0 amide bonds. The standard InChI is InChI=1S/C22H18F3NO3/c1-13-17(21(28)29-2)18(20(26-13)22(23,24)25)19(27)16-11-7-6-10-15(16)12-14-8-4-3-5-9-14/h3-11,26H,12H2,1-2H3. The molecule has 0 aliphatic heterocycles. The number of ketones is 1. The van der Waals surface area contributed by atoms with E-state index in [0.717, 1.165) is 12.7 Å². The molecular weight excluding hydrogens is 383 g/mol. The van der Waals surface area contributed by atoms with Crippen LogP contribution in [0.4, 0.5) is 13.2 Å². The molecule has 0 unspecified atom stereocenters. The summed E-state index contributed by atoms with van der Waals surface area (Å²) in [5.74, 6) is -1.88. The molecule has 3 rings (SSSR count). The van der Waals surface area contributed by atoms with Crippen molar-refractivity contribution in [2.75, 3.05) is 7.11 Å². The van der Waals surface area contributed by atoms with Crippen molar-refractivity contribution >= 4 is 11.8 Å². The van der Waals surface area contributed by atoms with Crippen LogP contribution in [0.15, 0.2) is 54.6 Å². The number of halogens is 3. The Kier molecular flexibility index (Phi) is 5.59. The third-order valence-corrected chi connectivity index (χ3v) is 4.59. The van der Waals surface area contributed by atoms with Gasteiger partial charge in [-0.15, -0.1) is 0 Å². The van der Waals surface area contributed by atoms with Gasteiger partial charge < -0.3 is 9.72 Å². The van der Waals surface area contributed by atoms with Crippen LogP contribution in [0.2, 0.25) is 0 Å². The van der Waals surface area contributed by atoms with Gasteiger partial charge in [0.25, 0.3) is 0 Å². The van der Waals surface area contributed by atoms with E-state index in [1.54, 1.807) is 18.2 Å². The number of ether oxygens (including phenoxy) is 1. The number of hydrogen-bond donors (Lipinski definition) is 1. The van der Waals surface area contributed by atoms with Gasteiger partial charge in [0.15, 0.2) is 5.78 Å². The van der Waals surface area contributed by atoms with Gasteiger partial charge in [0.1, 0.15) is 5.69 Å². The summed E-state index contributed by atoms with van der Waals surface area (Å²) in [7, 11) is 1.06. The van der Waals surface area contributed by atoms with Gasteiger partial charge in [-0.3, -0.25) is 4.79 Å². The number of alkyl halides is 3. The first kappa shape index (κ1) is 20.4. The van der Waals surface area contributed by atoms with Crippen molar-refractivity contribution in [1.82, 2.24) is 4.98 Å². The molecule has 150 valence electrons. The molecule has 2 aromatic carbocycles. The fourth-order valence-corrected chi connectivity index (χ4v) is 3.27. The van der Waals surface area contributed by atoms with Gasteiger partial charge in [-0.2, -0.15) is 13.2 Å². The minimum absolute atomic E-state index is 0.0759. The van der Waals surface area contributed by atoms with E-state index in [4.69, 9.17) is 0 Å². The summed E-state index contributed by atoms with van der Waals surface area (Å²) in [6, 6.07) is 15.7. The maximum Gasteiger partial charge on any atom is 0.432 e. The van der Waals surface area contributed by atoms with Crippen molar-refractivity contribution in [3.8, 4) is 0 Å². The Hall–Kier alpha value is -3.35. The molecule has 0 saturated carbocycles. The predicted octanol–water partition coefficient (Wildman–Crippen LogP) is 4.95. The molecule has 4 nitrogen and oxygen atoms in total. The van der Waals surface area contributed by atoms with Crippen molar-refractivity contribution in [1.29, 1.82) is 0 Å². The van der Waals surface area contributed by atoms with E-state index in [2.05, 4.69) is 9.72 Å². The molecule has 1 N–H and O–H groups in total. The van der Waals surface area contributed by atoms with Gasteiger partial charge in [-0.1, -0.05) is 54.6 Å².